The lowest BCUT2D eigenvalue weighted by Gasteiger charge is -2.25. The summed E-state index contributed by atoms with van der Waals surface area (Å²) in [4.78, 5) is 11.7. The second-order valence-electron chi connectivity index (χ2n) is 5.56. The minimum absolute atomic E-state index is 0.0469. The van der Waals surface area contributed by atoms with Gasteiger partial charge in [-0.15, -0.1) is 0 Å². The van der Waals surface area contributed by atoms with Crippen LogP contribution in [0.5, 0.6) is 0 Å². The lowest BCUT2D eigenvalue weighted by molar-refractivity contribution is -0.120. The third kappa shape index (κ3) is 4.88. The summed E-state index contributed by atoms with van der Waals surface area (Å²) in [5, 5.41) is 6.08. The predicted molar refractivity (Wildman–Crippen MR) is 75.6 cm³/mol. The van der Waals surface area contributed by atoms with E-state index in [-0.39, 0.29) is 11.3 Å². The first-order valence-electron chi connectivity index (χ1n) is 6.47. The monoisotopic (exact) mass is 248 g/mol. The summed E-state index contributed by atoms with van der Waals surface area (Å²) in [7, 11) is 0. The Labute approximate surface area is 110 Å². The third-order valence-corrected chi connectivity index (χ3v) is 2.95. The van der Waals surface area contributed by atoms with Crippen LogP contribution in [0, 0.1) is 0 Å². The van der Waals surface area contributed by atoms with E-state index in [4.69, 9.17) is 0 Å². The van der Waals surface area contributed by atoms with Crippen molar-refractivity contribution in [2.24, 2.45) is 0 Å². The van der Waals surface area contributed by atoms with Crippen molar-refractivity contribution in [2.75, 3.05) is 13.1 Å². The van der Waals surface area contributed by atoms with Gasteiger partial charge in [0.05, 0.1) is 6.54 Å². The Hall–Kier alpha value is -1.35. The van der Waals surface area contributed by atoms with Gasteiger partial charge in [-0.2, -0.15) is 0 Å². The molecule has 0 aliphatic carbocycles. The van der Waals surface area contributed by atoms with E-state index in [0.717, 1.165) is 0 Å². The molecule has 0 saturated heterocycles. The van der Waals surface area contributed by atoms with E-state index in [0.29, 0.717) is 19.1 Å². The zero-order valence-corrected chi connectivity index (χ0v) is 11.8. The van der Waals surface area contributed by atoms with Crippen molar-refractivity contribution in [3.8, 4) is 0 Å². The highest BCUT2D eigenvalue weighted by Crippen LogP contribution is 2.21. The molecule has 3 heteroatoms. The van der Waals surface area contributed by atoms with Crippen LogP contribution < -0.4 is 10.6 Å². The van der Waals surface area contributed by atoms with Crippen LogP contribution in [0.4, 0.5) is 0 Å². The summed E-state index contributed by atoms with van der Waals surface area (Å²) in [6.07, 6.45) is 0. The number of hydrogen-bond acceptors (Lipinski definition) is 2. The average molecular weight is 248 g/mol. The zero-order valence-electron chi connectivity index (χ0n) is 11.8. The number of carbonyl (C=O) groups is 1. The van der Waals surface area contributed by atoms with Crippen LogP contribution in [0.2, 0.25) is 0 Å². The molecule has 0 bridgehead atoms. The maximum absolute atomic E-state index is 11.7. The molecule has 0 atom stereocenters. The highest BCUT2D eigenvalue weighted by Gasteiger charge is 2.20. The summed E-state index contributed by atoms with van der Waals surface area (Å²) in [6.45, 7) is 9.36. The summed E-state index contributed by atoms with van der Waals surface area (Å²) in [5.41, 5.74) is 1.19. The van der Waals surface area contributed by atoms with Crippen LogP contribution in [0.15, 0.2) is 30.3 Å². The van der Waals surface area contributed by atoms with Gasteiger partial charge in [-0.05, 0) is 5.56 Å². The number of hydrogen-bond donors (Lipinski definition) is 2. The fraction of sp³-hybridized carbons (Fsp3) is 0.533. The van der Waals surface area contributed by atoms with Gasteiger partial charge in [0.15, 0.2) is 0 Å². The molecule has 0 aliphatic rings. The van der Waals surface area contributed by atoms with Crippen molar-refractivity contribution in [2.45, 2.75) is 39.2 Å². The minimum Gasteiger partial charge on any atom is -0.354 e. The SMILES string of the molecule is CC(C)NCC(=O)NCC(C)(C)c1ccccc1. The second-order valence-corrected chi connectivity index (χ2v) is 5.56. The van der Waals surface area contributed by atoms with Crippen molar-refractivity contribution >= 4 is 5.91 Å². The molecule has 0 aromatic heterocycles. The Bertz CT molecular complexity index is 371. The van der Waals surface area contributed by atoms with Gasteiger partial charge in [0, 0.05) is 18.0 Å². The summed E-state index contributed by atoms with van der Waals surface area (Å²) < 4.78 is 0. The zero-order chi connectivity index (χ0) is 13.6. The van der Waals surface area contributed by atoms with Crippen molar-refractivity contribution in [1.82, 2.24) is 10.6 Å². The number of amides is 1. The smallest absolute Gasteiger partial charge is 0.233 e. The Balaban J connectivity index is 2.45. The molecule has 0 aliphatic heterocycles. The van der Waals surface area contributed by atoms with E-state index in [2.05, 4.69) is 36.6 Å². The first kappa shape index (κ1) is 14.7. The fourth-order valence-electron chi connectivity index (χ4n) is 1.67. The van der Waals surface area contributed by atoms with Gasteiger partial charge in [-0.25, -0.2) is 0 Å². The molecular weight excluding hydrogens is 224 g/mol. The van der Waals surface area contributed by atoms with Gasteiger partial charge >= 0.3 is 0 Å². The number of carbonyl (C=O) groups excluding carboxylic acids is 1. The van der Waals surface area contributed by atoms with Crippen molar-refractivity contribution in [3.63, 3.8) is 0 Å². The van der Waals surface area contributed by atoms with E-state index in [1.807, 2.05) is 32.0 Å². The van der Waals surface area contributed by atoms with Gasteiger partial charge in [0.1, 0.15) is 0 Å². The van der Waals surface area contributed by atoms with Crippen LogP contribution in [0.3, 0.4) is 0 Å². The molecule has 100 valence electrons. The van der Waals surface area contributed by atoms with E-state index in [9.17, 15) is 4.79 Å². The second kappa shape index (κ2) is 6.55. The standard InChI is InChI=1S/C15H24N2O/c1-12(2)16-10-14(18)17-11-15(3,4)13-8-6-5-7-9-13/h5-9,12,16H,10-11H2,1-4H3,(H,17,18). The number of nitrogens with one attached hydrogen (secondary N) is 2. The van der Waals surface area contributed by atoms with Crippen LogP contribution in [0.1, 0.15) is 33.3 Å². The highest BCUT2D eigenvalue weighted by atomic mass is 16.1. The van der Waals surface area contributed by atoms with Crippen molar-refractivity contribution < 1.29 is 4.79 Å². The van der Waals surface area contributed by atoms with Crippen LogP contribution >= 0.6 is 0 Å². The van der Waals surface area contributed by atoms with Crippen molar-refractivity contribution in [1.29, 1.82) is 0 Å². The normalized spacial score (nSPS) is 11.6. The van der Waals surface area contributed by atoms with Gasteiger partial charge < -0.3 is 10.6 Å². The lowest BCUT2D eigenvalue weighted by Crippen LogP contribution is -2.42. The van der Waals surface area contributed by atoms with E-state index >= 15 is 0 Å². The first-order valence-corrected chi connectivity index (χ1v) is 6.47. The molecule has 0 radical (unpaired) electrons. The van der Waals surface area contributed by atoms with Crippen LogP contribution in [-0.2, 0) is 10.2 Å². The minimum atomic E-state index is -0.0469. The summed E-state index contributed by atoms with van der Waals surface area (Å²) in [6, 6.07) is 10.6. The molecule has 0 spiro atoms. The fourth-order valence-corrected chi connectivity index (χ4v) is 1.67. The largest absolute Gasteiger partial charge is 0.354 e. The van der Waals surface area contributed by atoms with Crippen molar-refractivity contribution in [3.05, 3.63) is 35.9 Å². The average Bonchev–Trinajstić information content (AvgIpc) is 2.35. The maximum Gasteiger partial charge on any atom is 0.233 e. The van der Waals surface area contributed by atoms with E-state index in [1.54, 1.807) is 0 Å². The topological polar surface area (TPSA) is 41.1 Å². The molecule has 1 amide bonds. The molecule has 1 rings (SSSR count). The lowest BCUT2D eigenvalue weighted by atomic mass is 9.84. The van der Waals surface area contributed by atoms with Crippen LogP contribution in [0.25, 0.3) is 0 Å². The molecule has 2 N–H and O–H groups in total. The molecule has 0 saturated carbocycles. The molecule has 0 heterocycles. The molecule has 0 fully saturated rings. The Kier molecular flexibility index (Phi) is 5.35. The Morgan fingerprint density at radius 2 is 1.83 bits per heavy atom. The summed E-state index contributed by atoms with van der Waals surface area (Å²) >= 11 is 0. The Morgan fingerprint density at radius 3 is 2.39 bits per heavy atom. The Morgan fingerprint density at radius 1 is 1.22 bits per heavy atom. The maximum atomic E-state index is 11.7. The van der Waals surface area contributed by atoms with Gasteiger partial charge in [-0.1, -0.05) is 58.0 Å². The molecule has 1 aromatic carbocycles. The van der Waals surface area contributed by atoms with E-state index in [1.165, 1.54) is 5.56 Å². The highest BCUT2D eigenvalue weighted by molar-refractivity contribution is 5.78. The van der Waals surface area contributed by atoms with Gasteiger partial charge in [0.2, 0.25) is 5.91 Å². The van der Waals surface area contributed by atoms with E-state index < -0.39 is 0 Å². The van der Waals surface area contributed by atoms with Crippen LogP contribution in [-0.4, -0.2) is 25.0 Å². The number of benzene rings is 1. The predicted octanol–water partition coefficient (Wildman–Crippen LogP) is 2.08. The molecule has 1 aromatic rings. The first-order chi connectivity index (χ1) is 8.42. The molecule has 0 unspecified atom stereocenters. The van der Waals surface area contributed by atoms with Gasteiger partial charge in [-0.3, -0.25) is 4.79 Å². The number of rotatable bonds is 6. The summed E-state index contributed by atoms with van der Waals surface area (Å²) in [5.74, 6) is 0.0488. The quantitative estimate of drug-likeness (QED) is 0.809. The molecular formula is C15H24N2O. The third-order valence-electron chi connectivity index (χ3n) is 2.95. The molecule has 18 heavy (non-hydrogen) atoms. The van der Waals surface area contributed by atoms with Gasteiger partial charge in [0.25, 0.3) is 0 Å². The molecule has 3 nitrogen and oxygen atoms in total.